The Balaban J connectivity index is 1.96. The molecule has 0 bridgehead atoms. The summed E-state index contributed by atoms with van der Waals surface area (Å²) in [6, 6.07) is 5.38. The number of aromatic nitrogens is 2. The summed E-state index contributed by atoms with van der Waals surface area (Å²) in [6.45, 7) is -3.69. The number of rotatable bonds is 24. The average Bonchev–Trinajstić information content (AvgIpc) is 3.07. The highest BCUT2D eigenvalue weighted by Crippen LogP contribution is 2.57. The molecule has 1 atom stereocenters. The molecule has 1 heterocycles. The Kier molecular flexibility index (Phi) is 15.9. The Hall–Kier alpha value is -3.42. The van der Waals surface area contributed by atoms with Crippen LogP contribution < -0.4 is 4.74 Å². The monoisotopic (exact) mass is 874 g/mol. The van der Waals surface area contributed by atoms with Gasteiger partial charge in [-0.2, -0.15) is 83.4 Å². The van der Waals surface area contributed by atoms with Crippen LogP contribution in [0.3, 0.4) is 0 Å². The van der Waals surface area contributed by atoms with Gasteiger partial charge >= 0.3 is 54.3 Å². The molecule has 57 heavy (non-hydrogen) atoms. The molecule has 2 rings (SSSR count). The number of ether oxygens (including phenoxy) is 4. The summed E-state index contributed by atoms with van der Waals surface area (Å²) in [4.78, 5) is 8.50. The lowest BCUT2D eigenvalue weighted by Crippen LogP contribution is -2.65. The first-order valence-corrected chi connectivity index (χ1v) is 16.0. The number of benzene rings is 1. The van der Waals surface area contributed by atoms with Crippen molar-refractivity contribution in [2.24, 2.45) is 0 Å². The second kappa shape index (κ2) is 18.2. The molecule has 6 nitrogen and oxygen atoms in total. The number of nitrogens with zero attached hydrogens (tertiary/aromatic N) is 2. The van der Waals surface area contributed by atoms with Gasteiger partial charge in [0.05, 0.1) is 6.61 Å². The molecule has 328 valence electrons. The van der Waals surface area contributed by atoms with Crippen LogP contribution in [0.5, 0.6) is 5.75 Å². The summed E-state index contributed by atoms with van der Waals surface area (Å²) in [5.74, 6) is -30.0. The number of aryl methyl sites for hydroxylation is 1. The van der Waals surface area contributed by atoms with E-state index in [1.165, 1.54) is 33.7 Å². The fraction of sp³-hybridized carbons (Fsp3) is 0.677. The van der Waals surface area contributed by atoms with Crippen LogP contribution in [-0.4, -0.2) is 90.3 Å². The molecule has 0 N–H and O–H groups in total. The highest BCUT2D eigenvalue weighted by molar-refractivity contribution is 5.55. The van der Waals surface area contributed by atoms with Crippen molar-refractivity contribution in [1.82, 2.24) is 9.97 Å². The van der Waals surface area contributed by atoms with Crippen LogP contribution in [0.4, 0.5) is 87.8 Å². The smallest absolute Gasteiger partial charge is 0.460 e. The van der Waals surface area contributed by atoms with Crippen LogP contribution in [0.2, 0.25) is 0 Å². The summed E-state index contributed by atoms with van der Waals surface area (Å²) in [5.41, 5.74) is 1.37. The summed E-state index contributed by atoms with van der Waals surface area (Å²) in [7, 11) is 0. The van der Waals surface area contributed by atoms with Gasteiger partial charge in [0.15, 0.2) is 12.0 Å². The Morgan fingerprint density at radius 1 is 0.561 bits per heavy atom. The van der Waals surface area contributed by atoms with E-state index in [9.17, 15) is 87.8 Å². The fourth-order valence-electron chi connectivity index (χ4n) is 4.23. The molecule has 2 aromatic rings. The lowest BCUT2D eigenvalue weighted by molar-refractivity contribution is -0.555. The molecule has 1 aromatic carbocycles. The molecule has 0 amide bonds. The van der Waals surface area contributed by atoms with E-state index in [1.54, 1.807) is 12.4 Å². The van der Waals surface area contributed by atoms with E-state index >= 15 is 0 Å². The first-order valence-electron chi connectivity index (χ1n) is 16.0. The van der Waals surface area contributed by atoms with Gasteiger partial charge in [-0.3, -0.25) is 0 Å². The van der Waals surface area contributed by atoms with E-state index in [0.29, 0.717) is 11.4 Å². The van der Waals surface area contributed by atoms with Gasteiger partial charge in [0, 0.05) is 18.0 Å². The number of hydrogen-bond donors (Lipinski definition) is 0. The highest BCUT2D eigenvalue weighted by Gasteiger charge is 2.86. The first-order chi connectivity index (χ1) is 25.8. The lowest BCUT2D eigenvalue weighted by atomic mass is 10.1. The van der Waals surface area contributed by atoms with Gasteiger partial charge < -0.3 is 9.47 Å². The van der Waals surface area contributed by atoms with Crippen molar-refractivity contribution in [2.45, 2.75) is 112 Å². The van der Waals surface area contributed by atoms with Crippen molar-refractivity contribution in [3.05, 3.63) is 42.2 Å². The van der Waals surface area contributed by atoms with Crippen molar-refractivity contribution >= 4 is 0 Å². The SMILES string of the molecule is CCCCCCCCc1cnc(-c2ccc(OC[C@H](F)COCC(F)(F)C(F)(F)C(F)(F)OC(F)(F)C(F)(F)OC(F)(F)C(F)(F)C(F)(F)C(F)(F)F)cc2)nc1. The number of alkyl halides is 20. The van der Waals surface area contributed by atoms with Gasteiger partial charge in [-0.25, -0.2) is 23.8 Å². The minimum absolute atomic E-state index is 0.0768. The quantitative estimate of drug-likeness (QED) is 0.0773. The van der Waals surface area contributed by atoms with E-state index in [4.69, 9.17) is 4.74 Å². The largest absolute Gasteiger partial charge is 0.490 e. The predicted octanol–water partition coefficient (Wildman–Crippen LogP) is 11.3. The lowest BCUT2D eigenvalue weighted by Gasteiger charge is -2.38. The molecule has 0 saturated carbocycles. The summed E-state index contributed by atoms with van der Waals surface area (Å²) in [5, 5.41) is 0. The van der Waals surface area contributed by atoms with Crippen molar-refractivity contribution in [1.29, 1.82) is 0 Å². The zero-order chi connectivity index (χ0) is 43.9. The molecule has 1 aromatic heterocycles. The topological polar surface area (TPSA) is 62.7 Å². The Morgan fingerprint density at radius 2 is 1.04 bits per heavy atom. The second-order valence-electron chi connectivity index (χ2n) is 12.1. The zero-order valence-electron chi connectivity index (χ0n) is 28.7. The summed E-state index contributed by atoms with van der Waals surface area (Å²) < 4.78 is 278. The highest BCUT2D eigenvalue weighted by atomic mass is 19.4. The van der Waals surface area contributed by atoms with Gasteiger partial charge in [0.1, 0.15) is 19.0 Å². The molecule has 0 spiro atoms. The first kappa shape index (κ1) is 49.7. The van der Waals surface area contributed by atoms with Crippen LogP contribution in [0.25, 0.3) is 11.4 Å². The standard InChI is InChI=1S/C31H30F20N2O4/c1-2-3-4-5-6-7-8-18-13-52-22(53-14-18)19-9-11-21(12-10-19)55-16-20(32)15-54-17-23(33,34)24(35,36)28(44,45)56-30(48,49)31(50,51)57-29(46,47)26(39,40)25(37,38)27(41,42)43/h9-14,20H,2-8,15-17H2,1H3/t20-/m1/s1. The number of halogens is 20. The third-order valence-electron chi connectivity index (χ3n) is 7.44. The third kappa shape index (κ3) is 11.8. The minimum atomic E-state index is -8.23. The molecule has 0 aliphatic heterocycles. The van der Waals surface area contributed by atoms with Crippen molar-refractivity contribution in [2.75, 3.05) is 19.8 Å². The fourth-order valence-corrected chi connectivity index (χ4v) is 4.23. The van der Waals surface area contributed by atoms with Crippen molar-refractivity contribution < 1.29 is 107 Å². The van der Waals surface area contributed by atoms with E-state index in [1.807, 2.05) is 0 Å². The molecule has 0 unspecified atom stereocenters. The van der Waals surface area contributed by atoms with Crippen LogP contribution in [0, 0.1) is 0 Å². The molecule has 0 aliphatic carbocycles. The molecule has 26 heteroatoms. The van der Waals surface area contributed by atoms with E-state index in [-0.39, 0.29) is 5.75 Å². The molecular weight excluding hydrogens is 844 g/mol. The van der Waals surface area contributed by atoms with Gasteiger partial charge in [-0.05, 0) is 42.7 Å². The number of hydrogen-bond acceptors (Lipinski definition) is 6. The molecular formula is C31H30F20N2O4. The van der Waals surface area contributed by atoms with Crippen molar-refractivity contribution in [3.8, 4) is 17.1 Å². The zero-order valence-corrected chi connectivity index (χ0v) is 28.7. The van der Waals surface area contributed by atoms with Crippen LogP contribution in [0.15, 0.2) is 36.7 Å². The van der Waals surface area contributed by atoms with Gasteiger partial charge in [0.25, 0.3) is 0 Å². The van der Waals surface area contributed by atoms with Crippen LogP contribution >= 0.6 is 0 Å². The van der Waals surface area contributed by atoms with Crippen LogP contribution in [-0.2, 0) is 20.6 Å². The molecule has 0 saturated heterocycles. The van der Waals surface area contributed by atoms with Crippen molar-refractivity contribution in [3.63, 3.8) is 0 Å². The Labute approximate surface area is 308 Å². The molecule has 0 aliphatic rings. The summed E-state index contributed by atoms with van der Waals surface area (Å²) >= 11 is 0. The van der Waals surface area contributed by atoms with Gasteiger partial charge in [-0.15, -0.1) is 0 Å². The van der Waals surface area contributed by atoms with Crippen LogP contribution in [0.1, 0.15) is 51.0 Å². The second-order valence-corrected chi connectivity index (χ2v) is 12.1. The third-order valence-corrected chi connectivity index (χ3v) is 7.44. The van der Waals surface area contributed by atoms with E-state index < -0.39 is 80.3 Å². The maximum atomic E-state index is 14.2. The van der Waals surface area contributed by atoms with E-state index in [0.717, 1.165) is 50.5 Å². The Bertz CT molecular complexity index is 1540. The minimum Gasteiger partial charge on any atom is -0.490 e. The average molecular weight is 875 g/mol. The maximum absolute atomic E-state index is 14.2. The Morgan fingerprint density at radius 3 is 1.53 bits per heavy atom. The molecule has 0 radical (unpaired) electrons. The number of unbranched alkanes of at least 4 members (excludes halogenated alkanes) is 5. The summed E-state index contributed by atoms with van der Waals surface area (Å²) in [6.07, 6.45) is -31.3. The molecule has 0 fully saturated rings. The normalized spacial score (nSPS) is 14.9. The predicted molar refractivity (Wildman–Crippen MR) is 154 cm³/mol. The maximum Gasteiger partial charge on any atom is 0.460 e. The van der Waals surface area contributed by atoms with Gasteiger partial charge in [0.2, 0.25) is 0 Å². The van der Waals surface area contributed by atoms with Gasteiger partial charge in [-0.1, -0.05) is 39.0 Å². The van der Waals surface area contributed by atoms with E-state index in [2.05, 4.69) is 21.6 Å².